The smallest absolute Gasteiger partial charge is 0.161 e. The van der Waals surface area contributed by atoms with E-state index in [9.17, 15) is 18.3 Å². The van der Waals surface area contributed by atoms with E-state index in [1.165, 1.54) is 0 Å². The van der Waals surface area contributed by atoms with Crippen molar-refractivity contribution in [2.75, 3.05) is 37.7 Å². The van der Waals surface area contributed by atoms with Gasteiger partial charge in [0.1, 0.15) is 0 Å². The second kappa shape index (κ2) is 3.45. The van der Waals surface area contributed by atoms with Crippen molar-refractivity contribution < 1.29 is 22.8 Å². The molecule has 2 heterocycles. The van der Waals surface area contributed by atoms with Crippen molar-refractivity contribution in [1.82, 2.24) is 0 Å². The summed E-state index contributed by atoms with van der Waals surface area (Å²) in [7, 11) is -2.86. The zero-order chi connectivity index (χ0) is 11.1. The van der Waals surface area contributed by atoms with E-state index in [-0.39, 0.29) is 17.4 Å². The SMILES string of the molecule is O=C([O-])C1CC[N+]2(CCS(=O)(=O)CC2)C1. The summed E-state index contributed by atoms with van der Waals surface area (Å²) in [6.45, 7) is 2.49. The molecule has 0 aromatic heterocycles. The van der Waals surface area contributed by atoms with Crippen LogP contribution in [0.15, 0.2) is 0 Å². The lowest BCUT2D eigenvalue weighted by atomic mass is 10.1. The number of aliphatic carboxylic acids is 1. The van der Waals surface area contributed by atoms with Crippen LogP contribution in [-0.2, 0) is 14.6 Å². The summed E-state index contributed by atoms with van der Waals surface area (Å²) in [5.41, 5.74) is 0. The van der Waals surface area contributed by atoms with E-state index >= 15 is 0 Å². The average molecular weight is 233 g/mol. The molecule has 0 amide bonds. The Balaban J connectivity index is 2.04. The molecule has 0 aromatic carbocycles. The van der Waals surface area contributed by atoms with E-state index in [1.807, 2.05) is 0 Å². The van der Waals surface area contributed by atoms with Crippen molar-refractivity contribution in [2.45, 2.75) is 6.42 Å². The van der Waals surface area contributed by atoms with E-state index < -0.39 is 15.8 Å². The summed E-state index contributed by atoms with van der Waals surface area (Å²) >= 11 is 0. The minimum Gasteiger partial charge on any atom is -0.550 e. The first-order valence-electron chi connectivity index (χ1n) is 5.19. The van der Waals surface area contributed by atoms with E-state index in [4.69, 9.17) is 0 Å². The van der Waals surface area contributed by atoms with Gasteiger partial charge in [-0.2, -0.15) is 0 Å². The van der Waals surface area contributed by atoms with Crippen LogP contribution in [0.4, 0.5) is 0 Å². The summed E-state index contributed by atoms with van der Waals surface area (Å²) in [6.07, 6.45) is 0.627. The number of carbonyl (C=O) groups excluding carboxylic acids is 1. The molecule has 0 N–H and O–H groups in total. The molecule has 5 nitrogen and oxygen atoms in total. The zero-order valence-corrected chi connectivity index (χ0v) is 9.33. The minimum absolute atomic E-state index is 0.201. The predicted octanol–water partition coefficient (Wildman–Crippen LogP) is -2.00. The molecule has 2 fully saturated rings. The number of nitrogens with zero attached hydrogens (tertiary/aromatic N) is 1. The third kappa shape index (κ3) is 2.15. The van der Waals surface area contributed by atoms with Gasteiger partial charge in [0, 0.05) is 6.42 Å². The summed E-state index contributed by atoms with van der Waals surface area (Å²) in [6, 6.07) is 0. The number of hydrogen-bond acceptors (Lipinski definition) is 4. The lowest BCUT2D eigenvalue weighted by molar-refractivity contribution is -0.914. The van der Waals surface area contributed by atoms with Crippen LogP contribution in [0.5, 0.6) is 0 Å². The van der Waals surface area contributed by atoms with Crippen LogP contribution in [0.3, 0.4) is 0 Å². The Morgan fingerprint density at radius 1 is 1.20 bits per heavy atom. The highest BCUT2D eigenvalue weighted by Crippen LogP contribution is 2.26. The lowest BCUT2D eigenvalue weighted by Gasteiger charge is -2.37. The Labute approximate surface area is 89.2 Å². The lowest BCUT2D eigenvalue weighted by Crippen LogP contribution is -2.55. The van der Waals surface area contributed by atoms with Gasteiger partial charge in [0.05, 0.1) is 49.6 Å². The molecular formula is C9H15NO4S. The number of hydrogen-bond donors (Lipinski definition) is 0. The first kappa shape index (κ1) is 10.9. The number of quaternary nitrogens is 1. The maximum absolute atomic E-state index is 11.3. The van der Waals surface area contributed by atoms with E-state index in [0.717, 1.165) is 6.54 Å². The minimum atomic E-state index is -2.86. The summed E-state index contributed by atoms with van der Waals surface area (Å²) < 4.78 is 23.2. The van der Waals surface area contributed by atoms with Gasteiger partial charge in [-0.3, -0.25) is 0 Å². The van der Waals surface area contributed by atoms with Crippen molar-refractivity contribution >= 4 is 15.8 Å². The molecule has 0 bridgehead atoms. The standard InChI is InChI=1S/C9H15NO4S/c11-9(12)8-1-2-10(7-8)3-5-15(13,14)6-4-10/h8H,1-7H2. The normalized spacial score (nSPS) is 32.9. The molecule has 0 saturated carbocycles. The third-order valence-electron chi connectivity index (χ3n) is 3.65. The molecule has 1 unspecified atom stereocenters. The molecule has 1 atom stereocenters. The average Bonchev–Trinajstić information content (AvgIpc) is 2.56. The zero-order valence-electron chi connectivity index (χ0n) is 8.52. The van der Waals surface area contributed by atoms with Crippen LogP contribution in [0, 0.1) is 5.92 Å². The molecule has 2 rings (SSSR count). The molecule has 15 heavy (non-hydrogen) atoms. The second-order valence-corrected chi connectivity index (χ2v) is 6.96. The van der Waals surface area contributed by atoms with Crippen molar-refractivity contribution in [2.24, 2.45) is 5.92 Å². The van der Waals surface area contributed by atoms with Crippen molar-refractivity contribution in [3.8, 4) is 0 Å². The molecular weight excluding hydrogens is 218 g/mol. The number of carbonyl (C=O) groups is 1. The van der Waals surface area contributed by atoms with Crippen molar-refractivity contribution in [1.29, 1.82) is 0 Å². The first-order valence-corrected chi connectivity index (χ1v) is 7.01. The molecule has 0 aliphatic carbocycles. The molecule has 0 aromatic rings. The molecule has 2 saturated heterocycles. The van der Waals surface area contributed by atoms with Gasteiger partial charge in [0.2, 0.25) is 0 Å². The number of carboxylic acids is 1. The fourth-order valence-electron chi connectivity index (χ4n) is 2.56. The Bertz CT molecular complexity index is 362. The fraction of sp³-hybridized carbons (Fsp3) is 0.889. The van der Waals surface area contributed by atoms with Gasteiger partial charge < -0.3 is 14.4 Å². The van der Waals surface area contributed by atoms with Crippen molar-refractivity contribution in [3.05, 3.63) is 0 Å². The Kier molecular flexibility index (Phi) is 2.50. The van der Waals surface area contributed by atoms with Crippen LogP contribution in [-0.4, -0.2) is 56.6 Å². The van der Waals surface area contributed by atoms with Crippen LogP contribution in [0.25, 0.3) is 0 Å². The quantitative estimate of drug-likeness (QED) is 0.491. The van der Waals surface area contributed by atoms with Gasteiger partial charge in [0.15, 0.2) is 9.84 Å². The topological polar surface area (TPSA) is 74.3 Å². The number of rotatable bonds is 1. The highest BCUT2D eigenvalue weighted by molar-refractivity contribution is 7.91. The summed E-state index contributed by atoms with van der Waals surface area (Å²) in [5.74, 6) is -0.969. The molecule has 0 radical (unpaired) electrons. The van der Waals surface area contributed by atoms with E-state index in [0.29, 0.717) is 30.5 Å². The Morgan fingerprint density at radius 3 is 2.27 bits per heavy atom. The number of sulfone groups is 1. The van der Waals surface area contributed by atoms with Crippen LogP contribution >= 0.6 is 0 Å². The van der Waals surface area contributed by atoms with Crippen molar-refractivity contribution in [3.63, 3.8) is 0 Å². The molecule has 2 aliphatic heterocycles. The summed E-state index contributed by atoms with van der Waals surface area (Å²) in [5, 5.41) is 10.7. The van der Waals surface area contributed by atoms with E-state index in [1.54, 1.807) is 0 Å². The van der Waals surface area contributed by atoms with Crippen LogP contribution < -0.4 is 5.11 Å². The number of carboxylic acid groups (broad SMARTS) is 1. The van der Waals surface area contributed by atoms with E-state index in [2.05, 4.69) is 0 Å². The molecule has 1 spiro atoms. The Hall–Kier alpha value is -0.620. The van der Waals surface area contributed by atoms with Gasteiger partial charge in [0.25, 0.3) is 0 Å². The van der Waals surface area contributed by atoms with Gasteiger partial charge in [-0.15, -0.1) is 0 Å². The Morgan fingerprint density at radius 2 is 1.80 bits per heavy atom. The second-order valence-electron chi connectivity index (χ2n) is 4.65. The highest BCUT2D eigenvalue weighted by atomic mass is 32.2. The third-order valence-corrected chi connectivity index (χ3v) is 5.26. The highest BCUT2D eigenvalue weighted by Gasteiger charge is 2.42. The monoisotopic (exact) mass is 233 g/mol. The maximum Gasteiger partial charge on any atom is 0.161 e. The van der Waals surface area contributed by atoms with Crippen LogP contribution in [0.1, 0.15) is 6.42 Å². The molecule has 86 valence electrons. The first-order chi connectivity index (χ1) is 6.93. The molecule has 2 aliphatic rings. The van der Waals surface area contributed by atoms with Gasteiger partial charge in [-0.05, 0) is 0 Å². The molecule has 6 heteroatoms. The predicted molar refractivity (Wildman–Crippen MR) is 51.5 cm³/mol. The van der Waals surface area contributed by atoms with Gasteiger partial charge in [-0.25, -0.2) is 8.42 Å². The summed E-state index contributed by atoms with van der Waals surface area (Å²) in [4.78, 5) is 10.7. The van der Waals surface area contributed by atoms with Gasteiger partial charge in [-0.1, -0.05) is 0 Å². The fourth-order valence-corrected chi connectivity index (χ4v) is 4.09. The largest absolute Gasteiger partial charge is 0.550 e. The maximum atomic E-state index is 11.3. The van der Waals surface area contributed by atoms with Crippen LogP contribution in [0.2, 0.25) is 0 Å². The van der Waals surface area contributed by atoms with Gasteiger partial charge >= 0.3 is 0 Å².